The summed E-state index contributed by atoms with van der Waals surface area (Å²) in [6.07, 6.45) is 0. The van der Waals surface area contributed by atoms with Crippen LogP contribution >= 0.6 is 0 Å². The molecule has 5 heteroatoms. The molecule has 0 aliphatic rings. The van der Waals surface area contributed by atoms with Crippen LogP contribution in [0.5, 0.6) is 0 Å². The Balaban J connectivity index is 0. The number of hydrogen-bond donors (Lipinski definition) is 0. The van der Waals surface area contributed by atoms with E-state index in [2.05, 4.69) is 0 Å². The minimum Gasteiger partial charge on any atom is 0 e. The molecule has 0 aromatic carbocycles. The SMILES string of the molecule is [Cd].[Cu].[Ge].[Se].[Zn]. The van der Waals surface area contributed by atoms with Gasteiger partial charge in [-0.3, -0.25) is 0 Å². The molecule has 0 nitrogen and oxygen atoms in total. The summed E-state index contributed by atoms with van der Waals surface area (Å²) >= 11 is 0. The first-order chi connectivity index (χ1) is 0. The first kappa shape index (κ1) is 42.2. The van der Waals surface area contributed by atoms with Gasteiger partial charge in [0.1, 0.15) is 0 Å². The van der Waals surface area contributed by atoms with E-state index in [0.717, 1.165) is 0 Å². The van der Waals surface area contributed by atoms with Crippen molar-refractivity contribution >= 4 is 34.7 Å². The van der Waals surface area contributed by atoms with E-state index in [1.807, 2.05) is 0 Å². The molecule has 0 saturated carbocycles. The van der Waals surface area contributed by atoms with Gasteiger partial charge in [0.25, 0.3) is 0 Å². The molecule has 0 aliphatic heterocycles. The maximum Gasteiger partial charge on any atom is 0 e. The molecule has 0 N–H and O–H groups in total. The van der Waals surface area contributed by atoms with Crippen molar-refractivity contribution in [3.63, 3.8) is 0 Å². The maximum absolute atomic E-state index is 0. The van der Waals surface area contributed by atoms with Crippen molar-refractivity contribution in [2.24, 2.45) is 0 Å². The summed E-state index contributed by atoms with van der Waals surface area (Å²) in [6.45, 7) is 0. The molecule has 0 heterocycles. The van der Waals surface area contributed by atoms with Gasteiger partial charge in [-0.05, 0) is 0 Å². The van der Waals surface area contributed by atoms with Crippen molar-refractivity contribution in [2.75, 3.05) is 0 Å². The summed E-state index contributed by atoms with van der Waals surface area (Å²) in [5, 5.41) is 0. The van der Waals surface area contributed by atoms with Crippen LogP contribution in [0.25, 0.3) is 0 Å². The smallest absolute Gasteiger partial charge is 0 e. The minimum absolute atomic E-state index is 0. The second-order valence-corrected chi connectivity index (χ2v) is 0. The van der Waals surface area contributed by atoms with Gasteiger partial charge < -0.3 is 0 Å². The normalized spacial score (nSPS) is 0. The van der Waals surface area contributed by atoms with Gasteiger partial charge >= 0.3 is 0 Å². The van der Waals surface area contributed by atoms with Crippen LogP contribution in [0.2, 0.25) is 0 Å². The van der Waals surface area contributed by atoms with Crippen LogP contribution in [-0.2, 0) is 63.8 Å². The topological polar surface area (TPSA) is 0 Å². The molecule has 0 rings (SSSR count). The first-order valence-electron chi connectivity index (χ1n) is 0. The molecule has 0 atom stereocenters. The molecule has 7 radical (unpaired) electrons. The van der Waals surface area contributed by atoms with E-state index < -0.39 is 0 Å². The Kier molecular flexibility index (Phi) is 231. The summed E-state index contributed by atoms with van der Waals surface area (Å²) in [4.78, 5) is 0. The molecule has 0 fully saturated rings. The van der Waals surface area contributed by atoms with Gasteiger partial charge in [-0.2, -0.15) is 0 Å². The van der Waals surface area contributed by atoms with Crippen LogP contribution in [0.15, 0.2) is 0 Å². The zero-order chi connectivity index (χ0) is 0. The minimum atomic E-state index is 0. The fourth-order valence-electron chi connectivity index (χ4n) is 0. The number of hydrogen-bond acceptors (Lipinski definition) is 0. The second-order valence-electron chi connectivity index (χ2n) is 0. The van der Waals surface area contributed by atoms with Gasteiger partial charge in [-0.25, -0.2) is 0 Å². The standard InChI is InChI=1S/Cd.Cu.Ge.Se.Zn. The quantitative estimate of drug-likeness (QED) is 0.475. The Morgan fingerprint density at radius 1 is 1.00 bits per heavy atom. The zero-order valence-corrected chi connectivity index (χ0v) is 14.4. The molecule has 0 amide bonds. The van der Waals surface area contributed by atoms with Gasteiger partial charge in [-0.1, -0.05) is 0 Å². The molecule has 25 valence electrons. The van der Waals surface area contributed by atoms with Crippen LogP contribution in [-0.4, -0.2) is 34.7 Å². The van der Waals surface area contributed by atoms with E-state index >= 15 is 0 Å². The molecule has 0 aromatic heterocycles. The summed E-state index contributed by atoms with van der Waals surface area (Å²) < 4.78 is 0. The van der Waals surface area contributed by atoms with Gasteiger partial charge in [0.05, 0.1) is 0 Å². The van der Waals surface area contributed by atoms with Crippen LogP contribution in [0.4, 0.5) is 0 Å². The Morgan fingerprint density at radius 2 is 1.00 bits per heavy atom. The Labute approximate surface area is 96.8 Å². The molecule has 0 aromatic rings. The average molecular weight is 393 g/mol. The molecule has 0 unspecified atom stereocenters. The largest absolute Gasteiger partial charge is 0 e. The van der Waals surface area contributed by atoms with Crippen molar-refractivity contribution in [2.45, 2.75) is 0 Å². The molecule has 0 spiro atoms. The second kappa shape index (κ2) is 27.4. The van der Waals surface area contributed by atoms with Crippen LogP contribution in [0.1, 0.15) is 0 Å². The monoisotopic (exact) mass is 395 g/mol. The Morgan fingerprint density at radius 3 is 1.00 bits per heavy atom. The van der Waals surface area contributed by atoms with Crippen molar-refractivity contribution in [1.82, 2.24) is 0 Å². The van der Waals surface area contributed by atoms with Crippen molar-refractivity contribution in [3.05, 3.63) is 0 Å². The van der Waals surface area contributed by atoms with Crippen molar-refractivity contribution < 1.29 is 63.8 Å². The third kappa shape index (κ3) is 19.2. The van der Waals surface area contributed by atoms with Gasteiger partial charge in [-0.15, -0.1) is 0 Å². The Bertz CT molecular complexity index is 11.6. The fraction of sp³-hybridized carbons (Fsp3) is 0. The van der Waals surface area contributed by atoms with E-state index in [1.54, 1.807) is 0 Å². The van der Waals surface area contributed by atoms with Crippen LogP contribution < -0.4 is 0 Å². The molecular formula is CdCuGeSeZn. The predicted octanol–water partition coefficient (Wildman–Crippen LogP) is -0.769. The number of rotatable bonds is 0. The van der Waals surface area contributed by atoms with Gasteiger partial charge in [0.2, 0.25) is 0 Å². The molecule has 0 aliphatic carbocycles. The molecule has 5 heavy (non-hydrogen) atoms. The summed E-state index contributed by atoms with van der Waals surface area (Å²) in [5.74, 6) is 0. The van der Waals surface area contributed by atoms with Crippen molar-refractivity contribution in [1.29, 1.82) is 0 Å². The third-order valence-electron chi connectivity index (χ3n) is 0. The van der Waals surface area contributed by atoms with Crippen LogP contribution in [0.3, 0.4) is 0 Å². The summed E-state index contributed by atoms with van der Waals surface area (Å²) in [7, 11) is 0. The predicted molar refractivity (Wildman–Crippen MR) is 11.5 cm³/mol. The van der Waals surface area contributed by atoms with Crippen molar-refractivity contribution in [3.8, 4) is 0 Å². The average Bonchev–Trinajstić information content (AvgIpc) is 0. The van der Waals surface area contributed by atoms with E-state index in [9.17, 15) is 0 Å². The zero-order valence-electron chi connectivity index (χ0n) is 2.62. The molecule has 0 bridgehead atoms. The third-order valence-corrected chi connectivity index (χ3v) is 0. The van der Waals surface area contributed by atoms with Gasteiger partial charge in [0, 0.05) is 98.5 Å². The summed E-state index contributed by atoms with van der Waals surface area (Å²) in [6, 6.07) is 0. The van der Waals surface area contributed by atoms with Gasteiger partial charge in [0.15, 0.2) is 0 Å². The van der Waals surface area contributed by atoms with E-state index in [1.165, 1.54) is 0 Å². The van der Waals surface area contributed by atoms with E-state index in [4.69, 9.17) is 0 Å². The maximum atomic E-state index is 0. The molecule has 0 saturated heterocycles. The van der Waals surface area contributed by atoms with E-state index in [-0.39, 0.29) is 98.5 Å². The molecular weight excluding hydrogens is 393 g/mol. The van der Waals surface area contributed by atoms with E-state index in [0.29, 0.717) is 0 Å². The summed E-state index contributed by atoms with van der Waals surface area (Å²) in [5.41, 5.74) is 0. The fourth-order valence-corrected chi connectivity index (χ4v) is 0. The Hall–Kier alpha value is 3.13. The van der Waals surface area contributed by atoms with Crippen LogP contribution in [0, 0.1) is 0 Å². The first-order valence-corrected chi connectivity index (χ1v) is 0.